The summed E-state index contributed by atoms with van der Waals surface area (Å²) in [6, 6.07) is 43.2. The van der Waals surface area contributed by atoms with Crippen molar-refractivity contribution in [1.82, 2.24) is 46.9 Å². The SMILES string of the molecule is CC(C)C[C@H](NC(CCc1ccccc1)P(=O)(O)O)C(=O)N[C@@H](Cc1c[nH]c2ccccc12)C(=O)[O-].CC(C)C[C@H](NC(CCc1ccccc1)P(=O)(O)O)C(=O)N[C@@H](Cc1c[nH]c2ccccc12)C(=O)[O-].CC(C)C[C@H](NC(CCc1ccccc1)P(=O)(O)O)C(=O)N[C@@H](Cc1c[nH]c2ccccc12)C(=O)[O-].[K+].[K+].[K+]. The van der Waals surface area contributed by atoms with Gasteiger partial charge in [0.2, 0.25) is 17.7 Å². The van der Waals surface area contributed by atoms with Gasteiger partial charge in [0, 0.05) is 70.6 Å². The summed E-state index contributed by atoms with van der Waals surface area (Å²) >= 11 is 0. The van der Waals surface area contributed by atoms with Crippen molar-refractivity contribution in [3.8, 4) is 0 Å². The molecule has 3 amide bonds. The molecular formula is C78H99K3N9O18P3. The summed E-state index contributed by atoms with van der Waals surface area (Å²) in [7, 11) is -13.8. The van der Waals surface area contributed by atoms with E-state index < -0.39 is 112 Å². The minimum atomic E-state index is -4.60. The number of nitrogens with one attached hydrogen (secondary N) is 9. The molecular weight excluding hydrogens is 1560 g/mol. The monoisotopic (exact) mass is 1660 g/mol. The summed E-state index contributed by atoms with van der Waals surface area (Å²) in [6.07, 6.45) is 7.43. The standard InChI is InChI=1S/3C26H34N3O6P.3K/c3*1-17(2)14-22(28-24(36(33,34)35)13-12-18-8-4-3-5-9-18)25(30)29-23(26(31)32)15-19-16-27-21-11-7-6-10-20(19)21;;;/h3*3-11,16-17,22-24,27-28H,12-15H2,1-2H3,(H,29,30)(H,31,32)(H2,33,34,35);;;/q;;;3*+1/p-3/t3*22-,23-,24?;;;/m000.../s1. The third-order valence-corrected chi connectivity index (χ3v) is 21.9. The topological polar surface area (TPSA) is 464 Å². The van der Waals surface area contributed by atoms with Crippen LogP contribution in [-0.4, -0.2) is 134 Å². The van der Waals surface area contributed by atoms with Crippen molar-refractivity contribution in [3.63, 3.8) is 0 Å². The number of aliphatic carboxylic acids is 3. The fourth-order valence-electron chi connectivity index (χ4n) is 12.7. The van der Waals surface area contributed by atoms with E-state index in [0.717, 1.165) is 49.4 Å². The van der Waals surface area contributed by atoms with Crippen LogP contribution in [0.1, 0.15) is 113 Å². The fraction of sp³-hybridized carbons (Fsp3) is 0.385. The van der Waals surface area contributed by atoms with Gasteiger partial charge in [-0.3, -0.25) is 44.0 Å². The first-order chi connectivity index (χ1) is 51.1. The molecule has 0 saturated carbocycles. The molecule has 33 heteroatoms. The number of rotatable bonds is 39. The van der Waals surface area contributed by atoms with E-state index in [9.17, 15) is 87.1 Å². The number of hydrogen-bond acceptors (Lipinski definition) is 15. The van der Waals surface area contributed by atoms with Gasteiger partial charge in [0.1, 0.15) is 17.3 Å². The van der Waals surface area contributed by atoms with Crippen molar-refractivity contribution in [2.45, 2.75) is 172 Å². The maximum absolute atomic E-state index is 13.2. The molecule has 111 heavy (non-hydrogen) atoms. The van der Waals surface area contributed by atoms with Crippen molar-refractivity contribution in [2.24, 2.45) is 17.8 Å². The van der Waals surface area contributed by atoms with Crippen LogP contribution in [0.4, 0.5) is 0 Å². The molecule has 0 fully saturated rings. The Balaban J connectivity index is 0.000000347. The third kappa shape index (κ3) is 33.5. The molecule has 3 unspecified atom stereocenters. The predicted octanol–water partition coefficient (Wildman–Crippen LogP) is -2.73. The zero-order chi connectivity index (χ0) is 78.9. The number of aromatic amines is 3. The van der Waals surface area contributed by atoms with Gasteiger partial charge in [-0.2, -0.15) is 0 Å². The molecule has 0 aliphatic carbocycles. The van der Waals surface area contributed by atoms with Crippen molar-refractivity contribution >= 4 is 91.1 Å². The molecule has 0 spiro atoms. The van der Waals surface area contributed by atoms with Gasteiger partial charge in [-0.25, -0.2) is 0 Å². The van der Waals surface area contributed by atoms with Crippen LogP contribution in [0.25, 0.3) is 32.7 Å². The summed E-state index contributed by atoms with van der Waals surface area (Å²) < 4.78 is 36.8. The molecule has 9 atom stereocenters. The first kappa shape index (κ1) is 99.4. The number of carboxylic acids is 3. The van der Waals surface area contributed by atoms with E-state index >= 15 is 0 Å². The van der Waals surface area contributed by atoms with Crippen molar-refractivity contribution in [2.75, 3.05) is 0 Å². The van der Waals surface area contributed by atoms with E-state index in [0.29, 0.717) is 36.0 Å². The smallest absolute Gasteiger partial charge is 0.548 e. The Hall–Kier alpha value is -4.00. The number of hydrogen-bond donors (Lipinski definition) is 15. The van der Waals surface area contributed by atoms with Crippen molar-refractivity contribution in [1.29, 1.82) is 0 Å². The van der Waals surface area contributed by atoms with Crippen LogP contribution >= 0.6 is 22.8 Å². The molecule has 0 bridgehead atoms. The molecule has 0 aliphatic heterocycles. The van der Waals surface area contributed by atoms with Gasteiger partial charge >= 0.3 is 177 Å². The number of carbonyl (C=O) groups excluding carboxylic acids is 6. The Kier molecular flexibility index (Phi) is 43.5. The second-order valence-electron chi connectivity index (χ2n) is 28.3. The van der Waals surface area contributed by atoms with Crippen LogP contribution in [0, 0.1) is 17.8 Å². The molecule has 582 valence electrons. The Morgan fingerprint density at radius 3 is 0.766 bits per heavy atom. The number of amides is 3. The number of benzene rings is 6. The second kappa shape index (κ2) is 48.6. The quantitative estimate of drug-likeness (QED) is 0.0137. The maximum Gasteiger partial charge on any atom is 1.00 e. The predicted molar refractivity (Wildman–Crippen MR) is 408 cm³/mol. The number of aromatic nitrogens is 3. The van der Waals surface area contributed by atoms with E-state index in [1.54, 1.807) is 18.6 Å². The van der Waals surface area contributed by atoms with Crippen LogP contribution in [0.2, 0.25) is 0 Å². The average Bonchev–Trinajstić information content (AvgIpc) is 1.73. The Morgan fingerprint density at radius 2 is 0.559 bits per heavy atom. The maximum atomic E-state index is 13.2. The summed E-state index contributed by atoms with van der Waals surface area (Å²) in [5.74, 6) is -10.00. The zero-order valence-corrected chi connectivity index (χ0v) is 76.2. The van der Waals surface area contributed by atoms with Gasteiger partial charge in [-0.15, -0.1) is 0 Å². The number of H-pyrrole nitrogens is 3. The van der Waals surface area contributed by atoms with E-state index in [1.165, 1.54) is 0 Å². The summed E-state index contributed by atoms with van der Waals surface area (Å²) in [5.41, 5.74) is 7.42. The van der Waals surface area contributed by atoms with E-state index in [-0.39, 0.29) is 230 Å². The molecule has 15 N–H and O–H groups in total. The molecule has 0 saturated heterocycles. The van der Waals surface area contributed by atoms with Gasteiger partial charge in [0.25, 0.3) is 0 Å². The minimum absolute atomic E-state index is 0. The second-order valence-corrected chi connectivity index (χ2v) is 33.7. The molecule has 0 aliphatic rings. The Bertz CT molecular complexity index is 4090. The largest absolute Gasteiger partial charge is 1.00 e. The Labute approximate surface area is 774 Å². The number of carboxylic acid groups (broad SMARTS) is 3. The summed E-state index contributed by atoms with van der Waals surface area (Å²) in [6.45, 7) is 11.3. The van der Waals surface area contributed by atoms with Crippen LogP contribution in [0.5, 0.6) is 0 Å². The van der Waals surface area contributed by atoms with E-state index in [1.807, 2.05) is 205 Å². The molecule has 9 aromatic rings. The van der Waals surface area contributed by atoms with Crippen LogP contribution in [0.3, 0.4) is 0 Å². The van der Waals surface area contributed by atoms with Gasteiger partial charge < -0.3 is 90.0 Å². The van der Waals surface area contributed by atoms with Gasteiger partial charge in [0.15, 0.2) is 0 Å². The fourth-order valence-corrected chi connectivity index (χ4v) is 15.2. The Morgan fingerprint density at radius 1 is 0.342 bits per heavy atom. The molecule has 6 aromatic carbocycles. The first-order valence-electron chi connectivity index (χ1n) is 35.9. The number of para-hydroxylation sites is 3. The van der Waals surface area contributed by atoms with Crippen LogP contribution in [0.15, 0.2) is 182 Å². The normalized spacial score (nSPS) is 14.1. The van der Waals surface area contributed by atoms with Crippen LogP contribution in [-0.2, 0) is 81.0 Å². The van der Waals surface area contributed by atoms with E-state index in [4.69, 9.17) is 0 Å². The number of fused-ring (bicyclic) bond motifs is 3. The van der Waals surface area contributed by atoms with Gasteiger partial charge in [-0.1, -0.05) is 187 Å². The molecule has 3 aromatic heterocycles. The average molecular weight is 1660 g/mol. The summed E-state index contributed by atoms with van der Waals surface area (Å²) in [4.78, 5) is 144. The zero-order valence-electron chi connectivity index (χ0n) is 64.2. The van der Waals surface area contributed by atoms with Gasteiger partial charge in [-0.05, 0) is 127 Å². The third-order valence-electron chi connectivity index (χ3n) is 18.2. The minimum Gasteiger partial charge on any atom is -0.548 e. The van der Waals surface area contributed by atoms with Crippen molar-refractivity contribution < 1.29 is 241 Å². The van der Waals surface area contributed by atoms with E-state index in [2.05, 4.69) is 46.9 Å². The van der Waals surface area contributed by atoms with Crippen LogP contribution < -0.4 is 201 Å². The molecule has 0 radical (unpaired) electrons. The molecule has 9 rings (SSSR count). The number of aryl methyl sites for hydroxylation is 3. The van der Waals surface area contributed by atoms with Gasteiger partial charge in [0.05, 0.1) is 54.2 Å². The molecule has 3 heterocycles. The molecule has 27 nitrogen and oxygen atoms in total. The number of carbonyl (C=O) groups is 6. The summed E-state index contributed by atoms with van der Waals surface area (Å²) in [5, 5.41) is 54.3. The first-order valence-corrected chi connectivity index (χ1v) is 40.9. The van der Waals surface area contributed by atoms with Crippen molar-refractivity contribution in [3.05, 3.63) is 216 Å².